The predicted octanol–water partition coefficient (Wildman–Crippen LogP) is 3.53. The van der Waals surface area contributed by atoms with Crippen LogP contribution in [0.5, 0.6) is 0 Å². The number of nitrogens with one attached hydrogen (secondary N) is 1. The summed E-state index contributed by atoms with van der Waals surface area (Å²) in [6.07, 6.45) is 2.47. The van der Waals surface area contributed by atoms with E-state index < -0.39 is 0 Å². The lowest BCUT2D eigenvalue weighted by atomic mass is 10.1. The van der Waals surface area contributed by atoms with E-state index in [-0.39, 0.29) is 11.4 Å². The third-order valence-corrected chi connectivity index (χ3v) is 3.02. The minimum absolute atomic E-state index is 0.125. The van der Waals surface area contributed by atoms with Gasteiger partial charge in [0, 0.05) is 15.5 Å². The Labute approximate surface area is 117 Å². The molecule has 3 heteroatoms. The van der Waals surface area contributed by atoms with Gasteiger partial charge in [-0.05, 0) is 73.9 Å². The Bertz CT molecular complexity index is 365. The second-order valence-electron chi connectivity index (χ2n) is 5.28. The van der Waals surface area contributed by atoms with Crippen LogP contribution in [0.3, 0.4) is 0 Å². The van der Waals surface area contributed by atoms with Crippen LogP contribution in [0.1, 0.15) is 39.2 Å². The summed E-state index contributed by atoms with van der Waals surface area (Å²) >= 11 is 2.30. The molecular formula is C14H20INO. The molecule has 0 aliphatic carbocycles. The minimum atomic E-state index is -0.125. The van der Waals surface area contributed by atoms with E-state index in [1.165, 1.54) is 9.13 Å². The highest BCUT2D eigenvalue weighted by atomic mass is 127. The van der Waals surface area contributed by atoms with Crippen LogP contribution in [-0.4, -0.2) is 11.4 Å². The molecule has 94 valence electrons. The quantitative estimate of drug-likeness (QED) is 0.831. The Morgan fingerprint density at radius 1 is 1.24 bits per heavy atom. The van der Waals surface area contributed by atoms with Crippen molar-refractivity contribution in [3.63, 3.8) is 0 Å². The van der Waals surface area contributed by atoms with Gasteiger partial charge in [-0.3, -0.25) is 4.79 Å². The summed E-state index contributed by atoms with van der Waals surface area (Å²) in [7, 11) is 0. The van der Waals surface area contributed by atoms with Gasteiger partial charge in [0.25, 0.3) is 0 Å². The van der Waals surface area contributed by atoms with Crippen molar-refractivity contribution in [2.45, 2.75) is 45.6 Å². The summed E-state index contributed by atoms with van der Waals surface area (Å²) in [5.74, 6) is 0.142. The fourth-order valence-electron chi connectivity index (χ4n) is 1.58. The lowest BCUT2D eigenvalue weighted by Gasteiger charge is -2.20. The normalized spacial score (nSPS) is 11.3. The van der Waals surface area contributed by atoms with Crippen molar-refractivity contribution in [1.82, 2.24) is 5.32 Å². The molecular weight excluding hydrogens is 325 g/mol. The average Bonchev–Trinajstić information content (AvgIpc) is 2.18. The Morgan fingerprint density at radius 3 is 2.35 bits per heavy atom. The molecule has 1 N–H and O–H groups in total. The third kappa shape index (κ3) is 6.66. The molecule has 0 aliphatic rings. The lowest BCUT2D eigenvalue weighted by Crippen LogP contribution is -2.40. The highest BCUT2D eigenvalue weighted by Crippen LogP contribution is 2.10. The minimum Gasteiger partial charge on any atom is -0.352 e. The molecule has 0 bridgehead atoms. The molecule has 0 unspecified atom stereocenters. The molecule has 0 aromatic heterocycles. The molecule has 0 saturated heterocycles. The SMILES string of the molecule is CC(C)(C)NC(=O)CCCc1ccc(I)cc1. The second kappa shape index (κ2) is 6.38. The summed E-state index contributed by atoms with van der Waals surface area (Å²) in [4.78, 5) is 11.6. The van der Waals surface area contributed by atoms with E-state index in [4.69, 9.17) is 0 Å². The number of carbonyl (C=O) groups is 1. The van der Waals surface area contributed by atoms with Crippen LogP contribution in [0.15, 0.2) is 24.3 Å². The van der Waals surface area contributed by atoms with Gasteiger partial charge in [0.2, 0.25) is 5.91 Å². The van der Waals surface area contributed by atoms with Gasteiger partial charge in [0.15, 0.2) is 0 Å². The average molecular weight is 345 g/mol. The van der Waals surface area contributed by atoms with E-state index in [0.29, 0.717) is 6.42 Å². The van der Waals surface area contributed by atoms with Crippen molar-refractivity contribution < 1.29 is 4.79 Å². The number of benzene rings is 1. The maximum atomic E-state index is 11.6. The van der Waals surface area contributed by atoms with E-state index in [1.54, 1.807) is 0 Å². The first-order chi connectivity index (χ1) is 7.87. The molecule has 0 fully saturated rings. The van der Waals surface area contributed by atoms with Crippen LogP contribution in [0, 0.1) is 3.57 Å². The van der Waals surface area contributed by atoms with E-state index in [1.807, 2.05) is 20.8 Å². The van der Waals surface area contributed by atoms with Gasteiger partial charge >= 0.3 is 0 Å². The van der Waals surface area contributed by atoms with Crippen molar-refractivity contribution in [1.29, 1.82) is 0 Å². The third-order valence-electron chi connectivity index (χ3n) is 2.30. The summed E-state index contributed by atoms with van der Waals surface area (Å²) in [6.45, 7) is 6.01. The van der Waals surface area contributed by atoms with E-state index in [0.717, 1.165) is 12.8 Å². The number of hydrogen-bond acceptors (Lipinski definition) is 1. The highest BCUT2D eigenvalue weighted by Gasteiger charge is 2.12. The van der Waals surface area contributed by atoms with Gasteiger partial charge in [-0.2, -0.15) is 0 Å². The zero-order valence-corrected chi connectivity index (χ0v) is 12.9. The first kappa shape index (κ1) is 14.5. The van der Waals surface area contributed by atoms with Crippen molar-refractivity contribution in [3.8, 4) is 0 Å². The molecule has 1 amide bonds. The topological polar surface area (TPSA) is 29.1 Å². The first-order valence-corrected chi connectivity index (χ1v) is 7.00. The predicted molar refractivity (Wildman–Crippen MR) is 80.0 cm³/mol. The van der Waals surface area contributed by atoms with Gasteiger partial charge in [-0.15, -0.1) is 0 Å². The van der Waals surface area contributed by atoms with Crippen LogP contribution in [-0.2, 0) is 11.2 Å². The Kier molecular flexibility index (Phi) is 5.43. The Balaban J connectivity index is 2.28. The number of halogens is 1. The lowest BCUT2D eigenvalue weighted by molar-refractivity contribution is -0.122. The van der Waals surface area contributed by atoms with Crippen LogP contribution in [0.25, 0.3) is 0 Å². The van der Waals surface area contributed by atoms with Crippen LogP contribution in [0.4, 0.5) is 0 Å². The van der Waals surface area contributed by atoms with Crippen LogP contribution >= 0.6 is 22.6 Å². The van der Waals surface area contributed by atoms with Gasteiger partial charge in [-0.1, -0.05) is 12.1 Å². The Morgan fingerprint density at radius 2 is 1.82 bits per heavy atom. The number of hydrogen-bond donors (Lipinski definition) is 1. The van der Waals surface area contributed by atoms with Crippen LogP contribution in [0.2, 0.25) is 0 Å². The van der Waals surface area contributed by atoms with Gasteiger partial charge < -0.3 is 5.32 Å². The van der Waals surface area contributed by atoms with Gasteiger partial charge in [0.05, 0.1) is 0 Å². The van der Waals surface area contributed by atoms with Crippen molar-refractivity contribution in [3.05, 3.63) is 33.4 Å². The monoisotopic (exact) mass is 345 g/mol. The van der Waals surface area contributed by atoms with Crippen molar-refractivity contribution in [2.24, 2.45) is 0 Å². The Hall–Kier alpha value is -0.580. The molecule has 0 heterocycles. The molecule has 17 heavy (non-hydrogen) atoms. The largest absolute Gasteiger partial charge is 0.352 e. The summed E-state index contributed by atoms with van der Waals surface area (Å²) in [5, 5.41) is 2.97. The van der Waals surface area contributed by atoms with E-state index in [2.05, 4.69) is 52.2 Å². The fourth-order valence-corrected chi connectivity index (χ4v) is 1.94. The molecule has 0 aliphatic heterocycles. The molecule has 0 radical (unpaired) electrons. The summed E-state index contributed by atoms with van der Waals surface area (Å²) in [6, 6.07) is 8.46. The van der Waals surface area contributed by atoms with Crippen molar-refractivity contribution >= 4 is 28.5 Å². The van der Waals surface area contributed by atoms with E-state index in [9.17, 15) is 4.79 Å². The number of aryl methyl sites for hydroxylation is 1. The van der Waals surface area contributed by atoms with Gasteiger partial charge in [0.1, 0.15) is 0 Å². The zero-order chi connectivity index (χ0) is 12.9. The van der Waals surface area contributed by atoms with Crippen LogP contribution < -0.4 is 5.32 Å². The highest BCUT2D eigenvalue weighted by molar-refractivity contribution is 14.1. The number of carbonyl (C=O) groups excluding carboxylic acids is 1. The molecule has 0 spiro atoms. The van der Waals surface area contributed by atoms with Gasteiger partial charge in [-0.25, -0.2) is 0 Å². The summed E-state index contributed by atoms with van der Waals surface area (Å²) in [5.41, 5.74) is 1.17. The van der Waals surface area contributed by atoms with Crippen molar-refractivity contribution in [2.75, 3.05) is 0 Å². The molecule has 0 atom stereocenters. The molecule has 1 aromatic carbocycles. The molecule has 1 aromatic rings. The fraction of sp³-hybridized carbons (Fsp3) is 0.500. The molecule has 2 nitrogen and oxygen atoms in total. The maximum Gasteiger partial charge on any atom is 0.220 e. The smallest absolute Gasteiger partial charge is 0.220 e. The second-order valence-corrected chi connectivity index (χ2v) is 6.52. The number of amides is 1. The zero-order valence-electron chi connectivity index (χ0n) is 10.7. The van der Waals surface area contributed by atoms with E-state index >= 15 is 0 Å². The molecule has 0 saturated carbocycles. The standard InChI is InChI=1S/C14H20INO/c1-14(2,3)16-13(17)6-4-5-11-7-9-12(15)10-8-11/h7-10H,4-6H2,1-3H3,(H,16,17). The number of rotatable bonds is 4. The maximum absolute atomic E-state index is 11.6. The molecule has 1 rings (SSSR count). The first-order valence-electron chi connectivity index (χ1n) is 5.92. The summed E-state index contributed by atoms with van der Waals surface area (Å²) < 4.78 is 1.25.